The van der Waals surface area contributed by atoms with E-state index in [4.69, 9.17) is 11.6 Å². The molecule has 0 radical (unpaired) electrons. The summed E-state index contributed by atoms with van der Waals surface area (Å²) in [6.07, 6.45) is -0.458. The van der Waals surface area contributed by atoms with Crippen LogP contribution in [0.3, 0.4) is 0 Å². The first kappa shape index (κ1) is 27.7. The van der Waals surface area contributed by atoms with Crippen molar-refractivity contribution in [3.05, 3.63) is 78.3 Å². The van der Waals surface area contributed by atoms with Crippen molar-refractivity contribution < 1.29 is 36.3 Å². The van der Waals surface area contributed by atoms with E-state index in [1.165, 1.54) is 37.5 Å². The molecule has 196 valence electrons. The first-order valence-corrected chi connectivity index (χ1v) is 11.0. The van der Waals surface area contributed by atoms with Crippen molar-refractivity contribution >= 4 is 29.1 Å². The van der Waals surface area contributed by atoms with Gasteiger partial charge in [-0.15, -0.1) is 13.2 Å². The second-order valence-electron chi connectivity index (χ2n) is 7.71. The highest BCUT2D eigenvalue weighted by Gasteiger charge is 2.47. The molecule has 0 saturated carbocycles. The summed E-state index contributed by atoms with van der Waals surface area (Å²) < 4.78 is 68.9. The van der Waals surface area contributed by atoms with E-state index in [-0.39, 0.29) is 24.2 Å². The van der Waals surface area contributed by atoms with E-state index in [9.17, 15) is 31.5 Å². The summed E-state index contributed by atoms with van der Waals surface area (Å²) in [5, 5.41) is 2.61. The Morgan fingerprint density at radius 1 is 1.14 bits per heavy atom. The standard InChI is InChI=1S/C23H19ClF5N5O3/c1-22(15-10-30-13-31-11-15,21(36)32-8-7-14-3-2-4-16(25)9-14)34(20(35)19(24)26)17-5-6-18(33-12-17)37-23(27,28)29/h2-6,9-13,19H,7-8H2,1H3,(H,32,36)/t19-,22+/m0/s1. The van der Waals surface area contributed by atoms with Gasteiger partial charge in [-0.2, -0.15) is 0 Å². The molecule has 14 heteroatoms. The lowest BCUT2D eigenvalue weighted by atomic mass is 9.90. The largest absolute Gasteiger partial charge is 0.574 e. The Morgan fingerprint density at radius 3 is 2.41 bits per heavy atom. The molecule has 3 aromatic rings. The Bertz CT molecular complexity index is 1230. The van der Waals surface area contributed by atoms with Gasteiger partial charge in [0.05, 0.1) is 11.9 Å². The molecule has 3 rings (SSSR count). The Morgan fingerprint density at radius 2 is 1.84 bits per heavy atom. The van der Waals surface area contributed by atoms with Gasteiger partial charge in [-0.25, -0.2) is 23.7 Å². The van der Waals surface area contributed by atoms with Crippen molar-refractivity contribution in [2.75, 3.05) is 11.4 Å². The maximum absolute atomic E-state index is 14.1. The van der Waals surface area contributed by atoms with Gasteiger partial charge >= 0.3 is 6.36 Å². The number of alkyl halides is 5. The smallest absolute Gasteiger partial charge is 0.388 e. The van der Waals surface area contributed by atoms with E-state index in [1.807, 2.05) is 0 Å². The van der Waals surface area contributed by atoms with Gasteiger partial charge in [0.1, 0.15) is 12.1 Å². The minimum absolute atomic E-state index is 0.00978. The number of nitrogens with one attached hydrogen (secondary N) is 1. The average Bonchev–Trinajstić information content (AvgIpc) is 2.84. The zero-order valence-electron chi connectivity index (χ0n) is 19.0. The van der Waals surface area contributed by atoms with E-state index < -0.39 is 41.0 Å². The van der Waals surface area contributed by atoms with Crippen LogP contribution in [0.4, 0.5) is 27.6 Å². The number of ether oxygens (including phenoxy) is 1. The van der Waals surface area contributed by atoms with Crippen molar-refractivity contribution in [2.24, 2.45) is 0 Å². The third kappa shape index (κ3) is 6.88. The van der Waals surface area contributed by atoms with E-state index in [0.29, 0.717) is 10.5 Å². The fourth-order valence-corrected chi connectivity index (χ4v) is 3.58. The van der Waals surface area contributed by atoms with Gasteiger partial charge in [0.2, 0.25) is 5.88 Å². The molecule has 0 unspecified atom stereocenters. The minimum atomic E-state index is -5.03. The fraction of sp³-hybridized carbons (Fsp3) is 0.261. The van der Waals surface area contributed by atoms with Crippen LogP contribution in [0.5, 0.6) is 5.88 Å². The SMILES string of the molecule is C[C@](C(=O)NCCc1cccc(F)c1)(c1cncnc1)N(C(=O)[C@H](F)Cl)c1ccc(OC(F)(F)F)nc1. The molecule has 0 bridgehead atoms. The molecule has 1 N–H and O–H groups in total. The maximum atomic E-state index is 14.1. The minimum Gasteiger partial charge on any atom is -0.388 e. The Hall–Kier alpha value is -3.87. The van der Waals surface area contributed by atoms with Gasteiger partial charge in [-0.05, 0) is 37.1 Å². The molecule has 0 aliphatic rings. The second-order valence-corrected chi connectivity index (χ2v) is 8.10. The Labute approximate surface area is 212 Å². The summed E-state index contributed by atoms with van der Waals surface area (Å²) in [6, 6.07) is 7.45. The molecular formula is C23H19ClF5N5O3. The predicted molar refractivity (Wildman–Crippen MR) is 122 cm³/mol. The predicted octanol–water partition coefficient (Wildman–Crippen LogP) is 4.05. The van der Waals surface area contributed by atoms with Gasteiger partial charge in [0.25, 0.3) is 17.4 Å². The second kappa shape index (κ2) is 11.5. The number of anilines is 1. The molecule has 0 aliphatic heterocycles. The topological polar surface area (TPSA) is 97.3 Å². The molecule has 8 nitrogen and oxygen atoms in total. The van der Waals surface area contributed by atoms with Gasteiger partial charge in [0, 0.05) is 30.6 Å². The molecule has 2 amide bonds. The summed E-state index contributed by atoms with van der Waals surface area (Å²) >= 11 is 5.44. The zero-order valence-corrected chi connectivity index (χ0v) is 19.8. The third-order valence-corrected chi connectivity index (χ3v) is 5.39. The summed E-state index contributed by atoms with van der Waals surface area (Å²) in [5.41, 5.74) is -4.34. The van der Waals surface area contributed by atoms with Crippen LogP contribution in [0.1, 0.15) is 18.1 Å². The van der Waals surface area contributed by atoms with Crippen LogP contribution < -0.4 is 15.0 Å². The first-order chi connectivity index (χ1) is 17.4. The van der Waals surface area contributed by atoms with Crippen molar-refractivity contribution in [1.82, 2.24) is 20.3 Å². The molecule has 2 atom stereocenters. The monoisotopic (exact) mass is 543 g/mol. The van der Waals surface area contributed by atoms with Crippen molar-refractivity contribution in [2.45, 2.75) is 30.9 Å². The van der Waals surface area contributed by atoms with Crippen LogP contribution in [0.2, 0.25) is 0 Å². The normalized spacial score (nSPS) is 13.8. The van der Waals surface area contributed by atoms with Crippen molar-refractivity contribution in [1.29, 1.82) is 0 Å². The van der Waals surface area contributed by atoms with Crippen LogP contribution in [0.25, 0.3) is 0 Å². The summed E-state index contributed by atoms with van der Waals surface area (Å²) in [4.78, 5) is 38.3. The molecule has 1 aromatic carbocycles. The summed E-state index contributed by atoms with van der Waals surface area (Å²) in [6.45, 7) is 1.24. The number of amides is 2. The number of carbonyl (C=O) groups is 2. The van der Waals surface area contributed by atoms with Gasteiger partial charge in [0.15, 0.2) is 5.54 Å². The van der Waals surface area contributed by atoms with Crippen LogP contribution in [-0.2, 0) is 21.5 Å². The lowest BCUT2D eigenvalue weighted by Gasteiger charge is -2.39. The molecule has 2 aromatic heterocycles. The van der Waals surface area contributed by atoms with Crippen LogP contribution in [-0.4, -0.2) is 45.3 Å². The lowest BCUT2D eigenvalue weighted by molar-refractivity contribution is -0.276. The number of aromatic nitrogens is 3. The van der Waals surface area contributed by atoms with Crippen LogP contribution in [0, 0.1) is 5.82 Å². The molecule has 0 fully saturated rings. The Kier molecular flexibility index (Phi) is 8.58. The fourth-order valence-electron chi connectivity index (χ4n) is 3.48. The number of halogens is 6. The number of pyridine rings is 1. The molecule has 0 saturated heterocycles. The maximum Gasteiger partial charge on any atom is 0.574 e. The van der Waals surface area contributed by atoms with Gasteiger partial charge < -0.3 is 10.1 Å². The molecule has 2 heterocycles. The summed E-state index contributed by atoms with van der Waals surface area (Å²) in [5.74, 6) is -3.55. The lowest BCUT2D eigenvalue weighted by Crippen LogP contribution is -2.58. The number of hydrogen-bond donors (Lipinski definition) is 1. The third-order valence-electron chi connectivity index (χ3n) is 5.21. The van der Waals surface area contributed by atoms with Crippen LogP contribution >= 0.6 is 11.6 Å². The number of nitrogens with zero attached hydrogens (tertiary/aromatic N) is 4. The molecular weight excluding hydrogens is 525 g/mol. The van der Waals surface area contributed by atoms with Crippen molar-refractivity contribution in [3.63, 3.8) is 0 Å². The number of benzene rings is 1. The quantitative estimate of drug-likeness (QED) is 0.323. The number of carbonyl (C=O) groups excluding carboxylic acids is 2. The Balaban J connectivity index is 2.00. The highest BCUT2D eigenvalue weighted by molar-refractivity contribution is 6.32. The van der Waals surface area contributed by atoms with E-state index >= 15 is 0 Å². The van der Waals surface area contributed by atoms with E-state index in [2.05, 4.69) is 25.0 Å². The van der Waals surface area contributed by atoms with Gasteiger partial charge in [-0.3, -0.25) is 14.5 Å². The van der Waals surface area contributed by atoms with E-state index in [0.717, 1.165) is 24.7 Å². The van der Waals surface area contributed by atoms with Gasteiger partial charge in [-0.1, -0.05) is 23.7 Å². The molecule has 0 spiro atoms. The highest BCUT2D eigenvalue weighted by atomic mass is 35.5. The summed E-state index contributed by atoms with van der Waals surface area (Å²) in [7, 11) is 0. The number of rotatable bonds is 9. The van der Waals surface area contributed by atoms with Crippen LogP contribution in [0.15, 0.2) is 61.3 Å². The number of hydrogen-bond acceptors (Lipinski definition) is 6. The first-order valence-electron chi connectivity index (χ1n) is 10.5. The molecule has 37 heavy (non-hydrogen) atoms. The van der Waals surface area contributed by atoms with Crippen molar-refractivity contribution in [3.8, 4) is 5.88 Å². The van der Waals surface area contributed by atoms with E-state index in [1.54, 1.807) is 6.07 Å². The highest BCUT2D eigenvalue weighted by Crippen LogP contribution is 2.35. The zero-order chi connectivity index (χ0) is 27.2. The average molecular weight is 544 g/mol. The molecule has 0 aliphatic carbocycles.